The lowest BCUT2D eigenvalue weighted by atomic mass is 9.87. The van der Waals surface area contributed by atoms with Crippen molar-refractivity contribution in [2.45, 2.75) is 206 Å². The molecule has 234 valence electrons. The van der Waals surface area contributed by atoms with Gasteiger partial charge in [0, 0.05) is 0 Å². The first-order chi connectivity index (χ1) is 19.4. The van der Waals surface area contributed by atoms with E-state index in [4.69, 9.17) is 0 Å². The van der Waals surface area contributed by atoms with Gasteiger partial charge >= 0.3 is 0 Å². The summed E-state index contributed by atoms with van der Waals surface area (Å²) in [7, 11) is 0. The summed E-state index contributed by atoms with van der Waals surface area (Å²) < 4.78 is 0. The molecule has 1 rings (SSSR count). The Morgan fingerprint density at radius 3 is 0.900 bits per heavy atom. The Labute approximate surface area is 251 Å². The molecule has 0 heterocycles. The summed E-state index contributed by atoms with van der Waals surface area (Å²) in [5.41, 5.74) is 2.22. The topological polar surface area (TPSA) is 40.5 Å². The van der Waals surface area contributed by atoms with Crippen LogP contribution in [-0.2, 0) is 12.8 Å². The molecule has 2 heteroatoms. The third kappa shape index (κ3) is 18.5. The van der Waals surface area contributed by atoms with Gasteiger partial charge in [-0.3, -0.25) is 0 Å². The van der Waals surface area contributed by atoms with Gasteiger partial charge in [-0.1, -0.05) is 155 Å². The van der Waals surface area contributed by atoms with Gasteiger partial charge in [0.1, 0.15) is 0 Å². The summed E-state index contributed by atoms with van der Waals surface area (Å²) in [4.78, 5) is 0. The van der Waals surface area contributed by atoms with Gasteiger partial charge in [-0.15, -0.1) is 0 Å². The molecule has 0 aliphatic rings. The zero-order chi connectivity index (χ0) is 29.4. The highest BCUT2D eigenvalue weighted by Gasteiger charge is 2.24. The molecule has 40 heavy (non-hydrogen) atoms. The molecule has 2 nitrogen and oxygen atoms in total. The average Bonchev–Trinajstić information content (AvgIpc) is 2.92. The average molecular weight is 559 g/mol. The van der Waals surface area contributed by atoms with Gasteiger partial charge in [-0.05, 0) is 75.3 Å². The highest BCUT2D eigenvalue weighted by molar-refractivity contribution is 5.22. The summed E-state index contributed by atoms with van der Waals surface area (Å²) in [6, 6.07) is 9.45. The lowest BCUT2D eigenvalue weighted by molar-refractivity contribution is 0.0100. The van der Waals surface area contributed by atoms with Crippen LogP contribution in [0.1, 0.15) is 193 Å². The van der Waals surface area contributed by atoms with Gasteiger partial charge in [-0.25, -0.2) is 0 Å². The van der Waals surface area contributed by atoms with E-state index in [1.54, 1.807) is 0 Å². The van der Waals surface area contributed by atoms with Crippen LogP contribution in [0.4, 0.5) is 0 Å². The highest BCUT2D eigenvalue weighted by atomic mass is 16.3. The largest absolute Gasteiger partial charge is 0.390 e. The normalized spacial score (nSPS) is 12.3. The highest BCUT2D eigenvalue weighted by Crippen LogP contribution is 2.27. The van der Waals surface area contributed by atoms with Crippen molar-refractivity contribution in [3.05, 3.63) is 35.4 Å². The van der Waals surface area contributed by atoms with E-state index in [9.17, 15) is 10.2 Å². The smallest absolute Gasteiger partial charge is 0.0647 e. The molecule has 0 fully saturated rings. The maximum absolute atomic E-state index is 10.7. The third-order valence-corrected chi connectivity index (χ3v) is 9.10. The molecule has 0 saturated carbocycles. The molecular formula is C38H70O2. The minimum atomic E-state index is -0.392. The van der Waals surface area contributed by atoms with Crippen molar-refractivity contribution in [1.82, 2.24) is 0 Å². The van der Waals surface area contributed by atoms with Crippen LogP contribution in [0.5, 0.6) is 0 Å². The molecule has 0 amide bonds. The van der Waals surface area contributed by atoms with Crippen molar-refractivity contribution in [2.24, 2.45) is 0 Å². The summed E-state index contributed by atoms with van der Waals surface area (Å²) in [5, 5.41) is 21.5. The molecule has 0 atom stereocenters. The van der Waals surface area contributed by atoms with Crippen LogP contribution in [0.15, 0.2) is 24.3 Å². The van der Waals surface area contributed by atoms with Gasteiger partial charge < -0.3 is 10.2 Å². The molecule has 0 spiro atoms. The lowest BCUT2D eigenvalue weighted by Gasteiger charge is -2.27. The Balaban J connectivity index is 2.01. The number of rotatable bonds is 28. The standard InChI is InChI=1S/C38H70O2/c1-5-29-37(39,30-6-2)33-21-17-13-9-11-15-19-23-35-25-27-36(28-26-35)24-20-16-12-10-14-18-22-34-38(40,31-7-3)32-8-4/h25-28,39-40H,5-24,29-34H2,1-4H3. The van der Waals surface area contributed by atoms with Crippen LogP contribution in [0.2, 0.25) is 0 Å². The molecule has 0 bridgehead atoms. The first kappa shape index (κ1) is 37.2. The number of aliphatic hydroxyl groups is 2. The minimum Gasteiger partial charge on any atom is -0.390 e. The van der Waals surface area contributed by atoms with Crippen molar-refractivity contribution in [1.29, 1.82) is 0 Å². The fourth-order valence-corrected chi connectivity index (χ4v) is 6.82. The van der Waals surface area contributed by atoms with E-state index in [1.165, 1.54) is 114 Å². The first-order valence-electron chi connectivity index (χ1n) is 17.9. The predicted molar refractivity (Wildman–Crippen MR) is 177 cm³/mol. The summed E-state index contributed by atoms with van der Waals surface area (Å²) >= 11 is 0. The summed E-state index contributed by atoms with van der Waals surface area (Å²) in [6.45, 7) is 8.74. The van der Waals surface area contributed by atoms with Crippen molar-refractivity contribution in [3.63, 3.8) is 0 Å². The van der Waals surface area contributed by atoms with E-state index in [0.717, 1.165) is 64.2 Å². The van der Waals surface area contributed by atoms with E-state index < -0.39 is 11.2 Å². The summed E-state index contributed by atoms with van der Waals surface area (Å²) in [6.07, 6.45) is 30.9. The summed E-state index contributed by atoms with van der Waals surface area (Å²) in [5.74, 6) is 0. The van der Waals surface area contributed by atoms with E-state index in [0.29, 0.717) is 0 Å². The molecule has 2 N–H and O–H groups in total. The Kier molecular flexibility index (Phi) is 22.0. The molecule has 0 saturated heterocycles. The van der Waals surface area contributed by atoms with Crippen molar-refractivity contribution in [2.75, 3.05) is 0 Å². The van der Waals surface area contributed by atoms with E-state index in [2.05, 4.69) is 52.0 Å². The number of hydrogen-bond donors (Lipinski definition) is 2. The van der Waals surface area contributed by atoms with Crippen molar-refractivity contribution >= 4 is 0 Å². The van der Waals surface area contributed by atoms with Gasteiger partial charge in [0.2, 0.25) is 0 Å². The second-order valence-corrected chi connectivity index (χ2v) is 13.2. The SMILES string of the molecule is CCCC(O)(CCC)CCCCCCCCCc1ccc(CCCCCCCCCC(O)(CCC)CCC)cc1. The zero-order valence-corrected chi connectivity index (χ0v) is 27.6. The second-order valence-electron chi connectivity index (χ2n) is 13.2. The third-order valence-electron chi connectivity index (χ3n) is 9.10. The number of hydrogen-bond acceptors (Lipinski definition) is 2. The van der Waals surface area contributed by atoms with Gasteiger partial charge in [0.05, 0.1) is 11.2 Å². The van der Waals surface area contributed by atoms with Crippen LogP contribution in [0.3, 0.4) is 0 Å². The maximum atomic E-state index is 10.7. The van der Waals surface area contributed by atoms with Crippen LogP contribution >= 0.6 is 0 Å². The molecule has 1 aromatic carbocycles. The molecular weight excluding hydrogens is 488 g/mol. The quantitative estimate of drug-likeness (QED) is 0.100. The van der Waals surface area contributed by atoms with Crippen LogP contribution in [0, 0.1) is 0 Å². The lowest BCUT2D eigenvalue weighted by Crippen LogP contribution is -2.28. The van der Waals surface area contributed by atoms with E-state index in [-0.39, 0.29) is 0 Å². The second kappa shape index (κ2) is 23.7. The number of unbranched alkanes of at least 4 members (excludes halogenated alkanes) is 12. The van der Waals surface area contributed by atoms with Crippen LogP contribution < -0.4 is 0 Å². The Bertz CT molecular complexity index is 608. The van der Waals surface area contributed by atoms with Crippen LogP contribution in [-0.4, -0.2) is 21.4 Å². The van der Waals surface area contributed by atoms with Crippen LogP contribution in [0.25, 0.3) is 0 Å². The molecule has 0 aromatic heterocycles. The van der Waals surface area contributed by atoms with E-state index in [1.807, 2.05) is 0 Å². The minimum absolute atomic E-state index is 0.392. The molecule has 0 radical (unpaired) electrons. The van der Waals surface area contributed by atoms with Crippen molar-refractivity contribution < 1.29 is 10.2 Å². The molecule has 0 aliphatic carbocycles. The number of aryl methyl sites for hydroxylation is 2. The fraction of sp³-hybridized carbons (Fsp3) is 0.842. The van der Waals surface area contributed by atoms with Gasteiger partial charge in [0.15, 0.2) is 0 Å². The Morgan fingerprint density at radius 2 is 0.625 bits per heavy atom. The molecule has 1 aromatic rings. The Morgan fingerprint density at radius 1 is 0.375 bits per heavy atom. The first-order valence-corrected chi connectivity index (χ1v) is 17.9. The predicted octanol–water partition coefficient (Wildman–Crippen LogP) is 11.7. The molecule has 0 aliphatic heterocycles. The maximum Gasteiger partial charge on any atom is 0.0647 e. The molecule has 0 unspecified atom stereocenters. The van der Waals surface area contributed by atoms with Gasteiger partial charge in [0.25, 0.3) is 0 Å². The fourth-order valence-electron chi connectivity index (χ4n) is 6.82. The monoisotopic (exact) mass is 559 g/mol. The van der Waals surface area contributed by atoms with Gasteiger partial charge in [-0.2, -0.15) is 0 Å². The Hall–Kier alpha value is -0.860. The van der Waals surface area contributed by atoms with Crippen molar-refractivity contribution in [3.8, 4) is 0 Å². The zero-order valence-electron chi connectivity index (χ0n) is 27.6. The van der Waals surface area contributed by atoms with E-state index >= 15 is 0 Å². The number of benzene rings is 1.